The van der Waals surface area contributed by atoms with E-state index in [4.69, 9.17) is 10.2 Å². The molecule has 25 heavy (non-hydrogen) atoms. The Hall–Kier alpha value is -2.23. The van der Waals surface area contributed by atoms with Gasteiger partial charge in [0.15, 0.2) is 0 Å². The van der Waals surface area contributed by atoms with Crippen LogP contribution >= 0.6 is 11.3 Å². The molecule has 0 atom stereocenters. The third-order valence-corrected chi connectivity index (χ3v) is 5.81. The van der Waals surface area contributed by atoms with E-state index in [1.165, 1.54) is 16.3 Å². The summed E-state index contributed by atoms with van der Waals surface area (Å²) in [7, 11) is -3.86. The smallest absolute Gasteiger partial charge is 0.303 e. The molecule has 0 aliphatic heterocycles. The van der Waals surface area contributed by atoms with Gasteiger partial charge in [-0.3, -0.25) is 9.59 Å². The lowest BCUT2D eigenvalue weighted by Crippen LogP contribution is -2.31. The van der Waals surface area contributed by atoms with Gasteiger partial charge >= 0.3 is 5.97 Å². The summed E-state index contributed by atoms with van der Waals surface area (Å²) in [5, 5.41) is 15.3. The van der Waals surface area contributed by atoms with E-state index in [1.807, 2.05) is 30.3 Å². The molecule has 134 valence electrons. The molecule has 2 rings (SSSR count). The number of hydrogen-bond acceptors (Lipinski definition) is 5. The number of carbonyl (C=O) groups excluding carboxylic acids is 1. The van der Waals surface area contributed by atoms with Crippen molar-refractivity contribution >= 4 is 33.2 Å². The van der Waals surface area contributed by atoms with Gasteiger partial charge in [0.2, 0.25) is 10.0 Å². The average Bonchev–Trinajstić information content (AvgIpc) is 3.04. The zero-order valence-electron chi connectivity index (χ0n) is 13.3. The Morgan fingerprint density at radius 3 is 2.44 bits per heavy atom. The fraction of sp³-hybridized carbons (Fsp3) is 0.250. The number of thiophene rings is 1. The minimum atomic E-state index is -3.86. The topological polar surface area (TPSA) is 118 Å². The molecule has 0 radical (unpaired) electrons. The number of primary sulfonamides is 1. The van der Waals surface area contributed by atoms with Gasteiger partial charge in [-0.25, -0.2) is 13.6 Å². The molecular formula is C16H18N2O5S2. The van der Waals surface area contributed by atoms with Gasteiger partial charge in [0.05, 0.1) is 5.56 Å². The predicted molar refractivity (Wildman–Crippen MR) is 93.7 cm³/mol. The molecule has 0 aliphatic carbocycles. The van der Waals surface area contributed by atoms with Crippen molar-refractivity contribution in [1.29, 1.82) is 0 Å². The number of nitrogens with zero attached hydrogens (tertiary/aromatic N) is 1. The van der Waals surface area contributed by atoms with Crippen molar-refractivity contribution in [1.82, 2.24) is 4.90 Å². The zero-order chi connectivity index (χ0) is 18.4. The maximum atomic E-state index is 12.7. The fourth-order valence-corrected chi connectivity index (χ4v) is 3.82. The van der Waals surface area contributed by atoms with Crippen LogP contribution in [0.25, 0.3) is 0 Å². The monoisotopic (exact) mass is 382 g/mol. The van der Waals surface area contributed by atoms with Gasteiger partial charge in [-0.1, -0.05) is 30.3 Å². The Morgan fingerprint density at radius 1 is 1.20 bits per heavy atom. The zero-order valence-corrected chi connectivity index (χ0v) is 14.9. The summed E-state index contributed by atoms with van der Waals surface area (Å²) >= 11 is 0.883. The molecule has 3 N–H and O–H groups in total. The summed E-state index contributed by atoms with van der Waals surface area (Å²) in [6.45, 7) is 0.556. The lowest BCUT2D eigenvalue weighted by atomic mass is 10.2. The molecule has 0 saturated carbocycles. The van der Waals surface area contributed by atoms with Gasteiger partial charge in [-0.2, -0.15) is 0 Å². The third-order valence-electron chi connectivity index (χ3n) is 3.42. The number of carboxylic acid groups (broad SMARTS) is 1. The molecule has 0 spiro atoms. The lowest BCUT2D eigenvalue weighted by Gasteiger charge is -2.22. The van der Waals surface area contributed by atoms with E-state index in [-0.39, 0.29) is 28.6 Å². The van der Waals surface area contributed by atoms with Crippen molar-refractivity contribution in [2.75, 3.05) is 6.54 Å². The average molecular weight is 382 g/mol. The molecular weight excluding hydrogens is 364 g/mol. The van der Waals surface area contributed by atoms with Gasteiger partial charge in [0, 0.05) is 24.9 Å². The van der Waals surface area contributed by atoms with E-state index in [0.29, 0.717) is 13.0 Å². The fourth-order valence-electron chi connectivity index (χ4n) is 2.24. The molecule has 0 unspecified atom stereocenters. The highest BCUT2D eigenvalue weighted by Crippen LogP contribution is 2.21. The molecule has 1 amide bonds. The first-order valence-electron chi connectivity index (χ1n) is 7.43. The van der Waals surface area contributed by atoms with E-state index in [0.717, 1.165) is 16.9 Å². The number of carbonyl (C=O) groups is 2. The SMILES string of the molecule is NS(=O)(=O)c1cc(C(=O)N(CCCC(=O)O)Cc2ccccc2)cs1. The van der Waals surface area contributed by atoms with Crippen molar-refractivity contribution in [2.24, 2.45) is 5.14 Å². The molecule has 1 heterocycles. The second-order valence-corrected chi connectivity index (χ2v) is 8.11. The van der Waals surface area contributed by atoms with Crippen molar-refractivity contribution < 1.29 is 23.1 Å². The van der Waals surface area contributed by atoms with Crippen LogP contribution in [-0.2, 0) is 21.4 Å². The Bertz CT molecular complexity index is 846. The number of rotatable bonds is 8. The second-order valence-electron chi connectivity index (χ2n) is 5.41. The maximum absolute atomic E-state index is 12.7. The van der Waals surface area contributed by atoms with Crippen LogP contribution in [0.15, 0.2) is 46.0 Å². The molecule has 9 heteroatoms. The Labute approximate surface area is 149 Å². The third kappa shape index (κ3) is 5.66. The van der Waals surface area contributed by atoms with Crippen LogP contribution in [0.1, 0.15) is 28.8 Å². The van der Waals surface area contributed by atoms with Gasteiger partial charge in [-0.15, -0.1) is 11.3 Å². The highest BCUT2D eigenvalue weighted by molar-refractivity contribution is 7.91. The largest absolute Gasteiger partial charge is 0.481 e. The molecule has 2 aromatic rings. The number of carboxylic acids is 1. The number of aliphatic carboxylic acids is 1. The van der Waals surface area contributed by atoms with Crippen molar-refractivity contribution in [3.8, 4) is 0 Å². The first kappa shape index (κ1) is 19.1. The number of sulfonamides is 1. The van der Waals surface area contributed by atoms with Gasteiger partial charge in [-0.05, 0) is 18.1 Å². The molecule has 0 saturated heterocycles. The van der Waals surface area contributed by atoms with E-state index < -0.39 is 16.0 Å². The van der Waals surface area contributed by atoms with Crippen LogP contribution in [0.4, 0.5) is 0 Å². The summed E-state index contributed by atoms with van der Waals surface area (Å²) in [5.74, 6) is -1.29. The van der Waals surface area contributed by atoms with Crippen molar-refractivity contribution in [3.05, 3.63) is 52.9 Å². The van der Waals surface area contributed by atoms with Gasteiger partial charge in [0.1, 0.15) is 4.21 Å². The van der Waals surface area contributed by atoms with E-state index in [1.54, 1.807) is 0 Å². The standard InChI is InChI=1S/C16H18N2O5S2/c17-25(22,23)15-9-13(11-24-15)16(21)18(8-4-7-14(19)20)10-12-5-2-1-3-6-12/h1-3,5-6,9,11H,4,7-8,10H2,(H,19,20)(H2,17,22,23). The predicted octanol–water partition coefficient (Wildman–Crippen LogP) is 1.90. The number of nitrogens with two attached hydrogens (primary N) is 1. The van der Waals surface area contributed by atoms with Crippen LogP contribution < -0.4 is 5.14 Å². The first-order chi connectivity index (χ1) is 11.8. The first-order valence-corrected chi connectivity index (χ1v) is 9.86. The molecule has 1 aromatic carbocycles. The summed E-state index contributed by atoms with van der Waals surface area (Å²) in [4.78, 5) is 24.9. The van der Waals surface area contributed by atoms with Gasteiger partial charge in [0.25, 0.3) is 5.91 Å². The summed E-state index contributed by atoms with van der Waals surface area (Å²) in [5.41, 5.74) is 1.12. The van der Waals surface area contributed by atoms with Crippen LogP contribution in [0.2, 0.25) is 0 Å². The summed E-state index contributed by atoms with van der Waals surface area (Å²) in [6.07, 6.45) is 0.255. The van der Waals surface area contributed by atoms with Crippen LogP contribution in [0.5, 0.6) is 0 Å². The van der Waals surface area contributed by atoms with Crippen LogP contribution in [-0.4, -0.2) is 36.8 Å². The van der Waals surface area contributed by atoms with Gasteiger partial charge < -0.3 is 10.0 Å². The molecule has 7 nitrogen and oxygen atoms in total. The molecule has 0 fully saturated rings. The Kier molecular flexibility index (Phi) is 6.29. The summed E-state index contributed by atoms with van der Waals surface area (Å²) in [6, 6.07) is 10.5. The van der Waals surface area contributed by atoms with E-state index in [9.17, 15) is 18.0 Å². The molecule has 0 aliphatic rings. The second kappa shape index (κ2) is 8.24. The maximum Gasteiger partial charge on any atom is 0.303 e. The molecule has 0 bridgehead atoms. The number of amides is 1. The van der Waals surface area contributed by atoms with Crippen molar-refractivity contribution in [3.63, 3.8) is 0 Å². The molecule has 1 aromatic heterocycles. The Morgan fingerprint density at radius 2 is 1.88 bits per heavy atom. The minimum Gasteiger partial charge on any atom is -0.481 e. The lowest BCUT2D eigenvalue weighted by molar-refractivity contribution is -0.137. The van der Waals surface area contributed by atoms with E-state index in [2.05, 4.69) is 0 Å². The summed E-state index contributed by atoms with van der Waals surface area (Å²) < 4.78 is 22.7. The number of benzene rings is 1. The van der Waals surface area contributed by atoms with Crippen LogP contribution in [0.3, 0.4) is 0 Å². The van der Waals surface area contributed by atoms with Crippen molar-refractivity contribution in [2.45, 2.75) is 23.6 Å². The Balaban J connectivity index is 2.19. The quantitative estimate of drug-likeness (QED) is 0.723. The minimum absolute atomic E-state index is 0.0510. The normalized spacial score (nSPS) is 11.2. The highest BCUT2D eigenvalue weighted by atomic mass is 32.2. The van der Waals surface area contributed by atoms with Crippen LogP contribution in [0, 0.1) is 0 Å². The highest BCUT2D eigenvalue weighted by Gasteiger charge is 2.20. The number of hydrogen-bond donors (Lipinski definition) is 2. The van der Waals surface area contributed by atoms with E-state index >= 15 is 0 Å².